The van der Waals surface area contributed by atoms with Gasteiger partial charge < -0.3 is 14.8 Å². The van der Waals surface area contributed by atoms with Crippen LogP contribution < -0.4 is 0 Å². The lowest BCUT2D eigenvalue weighted by Crippen LogP contribution is -2.45. The highest BCUT2D eigenvalue weighted by molar-refractivity contribution is 6.69. The van der Waals surface area contributed by atoms with Crippen molar-refractivity contribution in [2.45, 2.75) is 31.8 Å². The summed E-state index contributed by atoms with van der Waals surface area (Å²) in [5, 5.41) is 14.8. The zero-order valence-corrected chi connectivity index (χ0v) is 14.1. The van der Waals surface area contributed by atoms with E-state index in [1.807, 2.05) is 0 Å². The molecule has 1 atom stereocenters. The van der Waals surface area contributed by atoms with Gasteiger partial charge in [0.2, 0.25) is 0 Å². The van der Waals surface area contributed by atoms with Crippen LogP contribution in [0.3, 0.4) is 0 Å². The lowest BCUT2D eigenvalue weighted by molar-refractivity contribution is -0.0541. The summed E-state index contributed by atoms with van der Waals surface area (Å²) in [6, 6.07) is 3.33. The maximum absolute atomic E-state index is 10.4. The largest absolute Gasteiger partial charge is 0.391 e. The zero-order chi connectivity index (χ0) is 16.0. The number of halogens is 2. The molecule has 0 radical (unpaired) electrons. The first kappa shape index (κ1) is 17.5. The molecule has 0 bridgehead atoms. The van der Waals surface area contributed by atoms with E-state index in [0.29, 0.717) is 17.3 Å². The molecule has 1 aromatic rings. The van der Waals surface area contributed by atoms with Crippen LogP contribution in [0.1, 0.15) is 31.7 Å². The Balaban J connectivity index is 1.82. The van der Waals surface area contributed by atoms with Crippen molar-refractivity contribution in [1.82, 2.24) is 9.88 Å². The van der Waals surface area contributed by atoms with E-state index >= 15 is 0 Å². The van der Waals surface area contributed by atoms with Gasteiger partial charge in [0.1, 0.15) is 17.4 Å². The van der Waals surface area contributed by atoms with Gasteiger partial charge in [-0.1, -0.05) is 34.8 Å². The normalized spacial score (nSPS) is 19.7. The van der Waals surface area contributed by atoms with E-state index in [0.717, 1.165) is 13.1 Å². The van der Waals surface area contributed by atoms with Crippen LogP contribution in [0.15, 0.2) is 23.5 Å². The van der Waals surface area contributed by atoms with E-state index in [9.17, 15) is 5.11 Å². The molecular formula is C15H21Cl2N3O2. The number of hydrogen-bond acceptors (Lipinski definition) is 5. The smallest absolute Gasteiger partial charge is 0.177 e. The molecule has 0 saturated carbocycles. The fourth-order valence-electron chi connectivity index (χ4n) is 2.42. The molecule has 7 heteroatoms. The summed E-state index contributed by atoms with van der Waals surface area (Å²) < 4.78 is 0. The molecule has 1 aromatic heterocycles. The van der Waals surface area contributed by atoms with Gasteiger partial charge in [0.25, 0.3) is 0 Å². The van der Waals surface area contributed by atoms with E-state index in [1.54, 1.807) is 19.1 Å². The Morgan fingerprint density at radius 3 is 2.77 bits per heavy atom. The minimum atomic E-state index is -0.962. The first-order chi connectivity index (χ1) is 10.5. The molecule has 2 heterocycles. The van der Waals surface area contributed by atoms with Gasteiger partial charge in [-0.2, -0.15) is 0 Å². The van der Waals surface area contributed by atoms with Crippen molar-refractivity contribution < 1.29 is 9.94 Å². The molecule has 1 N–H and O–H groups in total. The summed E-state index contributed by atoms with van der Waals surface area (Å²) >= 11 is 11.7. The van der Waals surface area contributed by atoms with Crippen LogP contribution in [0.2, 0.25) is 5.15 Å². The number of likely N-dealkylation sites (tertiary alicyclic amines) is 1. The van der Waals surface area contributed by atoms with Gasteiger partial charge in [-0.15, -0.1) is 0 Å². The molecule has 1 saturated heterocycles. The first-order valence-corrected chi connectivity index (χ1v) is 8.14. The Morgan fingerprint density at radius 1 is 1.41 bits per heavy atom. The van der Waals surface area contributed by atoms with E-state index in [1.165, 1.54) is 25.5 Å². The quantitative estimate of drug-likeness (QED) is 0.489. The van der Waals surface area contributed by atoms with Crippen LogP contribution in [-0.4, -0.2) is 52.0 Å². The van der Waals surface area contributed by atoms with Crippen molar-refractivity contribution >= 4 is 28.4 Å². The topological polar surface area (TPSA) is 58.0 Å². The van der Waals surface area contributed by atoms with Crippen LogP contribution in [0, 0.1) is 0 Å². The second kappa shape index (κ2) is 8.11. The van der Waals surface area contributed by atoms with Crippen molar-refractivity contribution in [1.29, 1.82) is 0 Å². The maximum Gasteiger partial charge on any atom is 0.177 e. The number of aliphatic hydroxyl groups is 1. The van der Waals surface area contributed by atoms with Crippen LogP contribution in [0.25, 0.3) is 0 Å². The summed E-state index contributed by atoms with van der Waals surface area (Å²) in [6.07, 6.45) is 5.16. The lowest BCUT2D eigenvalue weighted by Gasteiger charge is -2.33. The summed E-state index contributed by atoms with van der Waals surface area (Å²) in [7, 11) is 0. The van der Waals surface area contributed by atoms with Crippen LogP contribution in [-0.2, 0) is 4.84 Å². The molecule has 22 heavy (non-hydrogen) atoms. The highest BCUT2D eigenvalue weighted by Gasteiger charge is 2.26. The minimum absolute atomic E-state index is 0.0841. The van der Waals surface area contributed by atoms with Gasteiger partial charge in [-0.25, -0.2) is 4.98 Å². The van der Waals surface area contributed by atoms with Gasteiger partial charge >= 0.3 is 0 Å². The molecule has 5 nitrogen and oxygen atoms in total. The highest BCUT2D eigenvalue weighted by atomic mass is 35.5. The van der Waals surface area contributed by atoms with Crippen molar-refractivity contribution in [3.05, 3.63) is 29.0 Å². The molecular weight excluding hydrogens is 325 g/mol. The van der Waals surface area contributed by atoms with Gasteiger partial charge in [0.05, 0.1) is 0 Å². The average Bonchev–Trinajstić information content (AvgIpc) is 2.48. The second-order valence-electron chi connectivity index (χ2n) is 5.86. The van der Waals surface area contributed by atoms with Crippen molar-refractivity contribution in [2.75, 3.05) is 26.2 Å². The highest BCUT2D eigenvalue weighted by Crippen LogP contribution is 2.14. The summed E-state index contributed by atoms with van der Waals surface area (Å²) in [5.74, 6) is 0. The zero-order valence-electron chi connectivity index (χ0n) is 12.6. The Labute approximate surface area is 140 Å². The number of pyridine rings is 1. The number of oxime groups is 1. The second-order valence-corrected chi connectivity index (χ2v) is 6.60. The molecule has 122 valence electrons. The lowest BCUT2D eigenvalue weighted by atomic mass is 10.1. The predicted octanol–water partition coefficient (Wildman–Crippen LogP) is 2.89. The predicted molar refractivity (Wildman–Crippen MR) is 88.5 cm³/mol. The Hall–Kier alpha value is -0.880. The van der Waals surface area contributed by atoms with Gasteiger partial charge in [0, 0.05) is 18.3 Å². The van der Waals surface area contributed by atoms with Gasteiger partial charge in [-0.3, -0.25) is 0 Å². The molecule has 0 spiro atoms. The molecule has 1 aliphatic heterocycles. The SMILES string of the molecule is CC(O)(CON=C(Cl)c1ccc(Cl)nc1)CN1CCCCC1. The molecule has 1 aliphatic rings. The number of nitrogens with zero attached hydrogens (tertiary/aromatic N) is 3. The fraction of sp³-hybridized carbons (Fsp3) is 0.600. The molecule has 1 fully saturated rings. The summed E-state index contributed by atoms with van der Waals surface area (Å²) in [4.78, 5) is 11.4. The van der Waals surface area contributed by atoms with Crippen LogP contribution >= 0.6 is 23.2 Å². The van der Waals surface area contributed by atoms with E-state index in [2.05, 4.69) is 15.0 Å². The van der Waals surface area contributed by atoms with Crippen LogP contribution in [0.5, 0.6) is 0 Å². The number of hydrogen-bond donors (Lipinski definition) is 1. The fourth-order valence-corrected chi connectivity index (χ4v) is 2.70. The third-order valence-electron chi connectivity index (χ3n) is 3.50. The minimum Gasteiger partial charge on any atom is -0.391 e. The van der Waals surface area contributed by atoms with Crippen LogP contribution in [0.4, 0.5) is 0 Å². The van der Waals surface area contributed by atoms with Crippen molar-refractivity contribution in [3.8, 4) is 0 Å². The number of aromatic nitrogens is 1. The third-order valence-corrected chi connectivity index (χ3v) is 4.01. The first-order valence-electron chi connectivity index (χ1n) is 7.38. The Kier molecular flexibility index (Phi) is 6.44. The maximum atomic E-state index is 10.4. The Bertz CT molecular complexity index is 500. The number of piperidine rings is 1. The number of β-amino-alcohol motifs (C(OH)–C–C–N with tert-alkyl or cyclic N) is 1. The third kappa shape index (κ3) is 5.72. The molecule has 0 aliphatic carbocycles. The standard InChI is InChI=1S/C15H21Cl2N3O2/c1-15(21,10-20-7-3-2-4-8-20)11-22-19-14(17)12-5-6-13(16)18-9-12/h5-6,9,21H,2-4,7-8,10-11H2,1H3. The van der Waals surface area contributed by atoms with Crippen molar-refractivity contribution in [2.24, 2.45) is 5.16 Å². The summed E-state index contributed by atoms with van der Waals surface area (Å²) in [6.45, 7) is 4.45. The van der Waals surface area contributed by atoms with Gasteiger partial charge in [-0.05, 0) is 45.0 Å². The summed E-state index contributed by atoms with van der Waals surface area (Å²) in [5.41, 5.74) is -0.349. The van der Waals surface area contributed by atoms with E-state index in [4.69, 9.17) is 28.0 Å². The van der Waals surface area contributed by atoms with E-state index < -0.39 is 5.60 Å². The molecule has 1 unspecified atom stereocenters. The molecule has 0 aromatic carbocycles. The molecule has 2 rings (SSSR count). The molecule has 0 amide bonds. The van der Waals surface area contributed by atoms with E-state index in [-0.39, 0.29) is 11.8 Å². The van der Waals surface area contributed by atoms with Crippen molar-refractivity contribution in [3.63, 3.8) is 0 Å². The monoisotopic (exact) mass is 345 g/mol. The number of rotatable bonds is 6. The average molecular weight is 346 g/mol. The van der Waals surface area contributed by atoms with Gasteiger partial charge in [0.15, 0.2) is 5.17 Å². The Morgan fingerprint density at radius 2 is 2.14 bits per heavy atom.